The summed E-state index contributed by atoms with van der Waals surface area (Å²) < 4.78 is 0. The molecule has 0 amide bonds. The Morgan fingerprint density at radius 3 is 3.09 bits per heavy atom. The summed E-state index contributed by atoms with van der Waals surface area (Å²) in [5.74, 6) is 0. The van der Waals surface area contributed by atoms with Gasteiger partial charge < -0.3 is 15.1 Å². The quantitative estimate of drug-likeness (QED) is 0.381. The van der Waals surface area contributed by atoms with Crippen LogP contribution in [0.3, 0.4) is 0 Å². The second-order valence-corrected chi connectivity index (χ2v) is 2.10. The summed E-state index contributed by atoms with van der Waals surface area (Å²) in [6.07, 6.45) is 3.98. The Hall–Kier alpha value is 0.476. The molecule has 0 bridgehead atoms. The van der Waals surface area contributed by atoms with Crippen LogP contribution in [0.25, 0.3) is 11.0 Å². The molecule has 0 atom stereocenters. The fourth-order valence-electron chi connectivity index (χ4n) is 0.692. The van der Waals surface area contributed by atoms with Crippen LogP contribution in [0, 0.1) is 6.33 Å². The average molecular weight is 193 g/mol. The van der Waals surface area contributed by atoms with Gasteiger partial charge in [-0.3, -0.25) is 0 Å². The van der Waals surface area contributed by atoms with E-state index in [1.807, 2.05) is 0 Å². The van der Waals surface area contributed by atoms with Gasteiger partial charge in [-0.2, -0.15) is 5.10 Å². The average Bonchev–Trinajstić information content (AvgIpc) is 2.34. The Bertz CT molecular complexity index is 360. The SMILES string of the molecule is Clc1n[nH]c2n[c-]ncc12.[K+]. The molecule has 0 aromatic carbocycles. The topological polar surface area (TPSA) is 54.5 Å². The second-order valence-electron chi connectivity index (χ2n) is 1.75. The Kier molecular flexibility index (Phi) is 3.41. The van der Waals surface area contributed by atoms with Crippen LogP contribution in [-0.4, -0.2) is 20.2 Å². The second kappa shape index (κ2) is 3.93. The number of nitrogens with zero attached hydrogens (tertiary/aromatic N) is 3. The molecule has 0 saturated heterocycles. The molecule has 0 fully saturated rings. The van der Waals surface area contributed by atoms with Crippen LogP contribution in [0.2, 0.25) is 5.15 Å². The molecule has 0 saturated carbocycles. The first-order valence-electron chi connectivity index (χ1n) is 2.60. The van der Waals surface area contributed by atoms with E-state index >= 15 is 0 Å². The standard InChI is InChI=1S/C5H2ClN4.K/c6-4-3-1-7-2-8-5(3)10-9-4;/h1H,(H,7,8,9,10);/q-1;+1. The molecule has 2 aromatic rings. The summed E-state index contributed by atoms with van der Waals surface area (Å²) >= 11 is 5.64. The number of halogens is 1. The Labute approximate surface area is 110 Å². The summed E-state index contributed by atoms with van der Waals surface area (Å²) in [5, 5.41) is 7.45. The summed E-state index contributed by atoms with van der Waals surface area (Å²) in [6, 6.07) is 0. The van der Waals surface area contributed by atoms with Gasteiger partial charge in [0.05, 0.1) is 0 Å². The van der Waals surface area contributed by atoms with Crippen molar-refractivity contribution in [3.8, 4) is 0 Å². The molecule has 0 aliphatic carbocycles. The maximum atomic E-state index is 5.64. The molecule has 0 spiro atoms. The smallest absolute Gasteiger partial charge is 0.373 e. The molecular formula is C5H2ClKN4. The van der Waals surface area contributed by atoms with E-state index in [-0.39, 0.29) is 51.4 Å². The third kappa shape index (κ3) is 1.80. The van der Waals surface area contributed by atoms with E-state index in [4.69, 9.17) is 11.6 Å². The monoisotopic (exact) mass is 192 g/mol. The van der Waals surface area contributed by atoms with Crippen molar-refractivity contribution in [2.45, 2.75) is 0 Å². The van der Waals surface area contributed by atoms with Gasteiger partial charge in [0.1, 0.15) is 5.15 Å². The van der Waals surface area contributed by atoms with Crippen molar-refractivity contribution in [2.24, 2.45) is 0 Å². The van der Waals surface area contributed by atoms with Gasteiger partial charge >= 0.3 is 51.4 Å². The normalized spacial score (nSPS) is 9.55. The van der Waals surface area contributed by atoms with Crippen LogP contribution in [0.5, 0.6) is 0 Å². The van der Waals surface area contributed by atoms with Crippen molar-refractivity contribution in [1.82, 2.24) is 20.2 Å². The van der Waals surface area contributed by atoms with E-state index in [2.05, 4.69) is 26.5 Å². The van der Waals surface area contributed by atoms with Gasteiger partial charge in [-0.05, 0) is 5.39 Å². The van der Waals surface area contributed by atoms with Crippen LogP contribution in [-0.2, 0) is 0 Å². The number of hydrogen-bond donors (Lipinski definition) is 1. The summed E-state index contributed by atoms with van der Waals surface area (Å²) in [5.41, 5.74) is 0.611. The number of H-pyrrole nitrogens is 1. The van der Waals surface area contributed by atoms with Crippen LogP contribution < -0.4 is 51.4 Å². The molecular weight excluding hydrogens is 191 g/mol. The largest absolute Gasteiger partial charge is 1.00 e. The van der Waals surface area contributed by atoms with Crippen molar-refractivity contribution in [3.63, 3.8) is 0 Å². The molecule has 50 valence electrons. The minimum atomic E-state index is 0. The van der Waals surface area contributed by atoms with Crippen LogP contribution in [0.1, 0.15) is 0 Å². The van der Waals surface area contributed by atoms with Crippen LogP contribution >= 0.6 is 11.6 Å². The molecule has 1 N–H and O–H groups in total. The summed E-state index contributed by atoms with van der Waals surface area (Å²) in [7, 11) is 0. The zero-order valence-electron chi connectivity index (χ0n) is 5.80. The maximum Gasteiger partial charge on any atom is 1.00 e. The van der Waals surface area contributed by atoms with Gasteiger partial charge in [-0.1, -0.05) is 17.8 Å². The van der Waals surface area contributed by atoms with Gasteiger partial charge in [0.15, 0.2) is 0 Å². The first-order chi connectivity index (χ1) is 4.88. The van der Waals surface area contributed by atoms with Crippen molar-refractivity contribution < 1.29 is 51.4 Å². The summed E-state index contributed by atoms with van der Waals surface area (Å²) in [6.45, 7) is 0. The minimum absolute atomic E-state index is 0. The van der Waals surface area contributed by atoms with Crippen LogP contribution in [0.4, 0.5) is 0 Å². The van der Waals surface area contributed by atoms with E-state index in [0.717, 1.165) is 5.39 Å². The van der Waals surface area contributed by atoms with Gasteiger partial charge in [-0.15, -0.1) is 0 Å². The Morgan fingerprint density at radius 2 is 2.36 bits per heavy atom. The Morgan fingerprint density at radius 1 is 1.55 bits per heavy atom. The molecule has 0 radical (unpaired) electrons. The van der Waals surface area contributed by atoms with Gasteiger partial charge in [0, 0.05) is 12.0 Å². The van der Waals surface area contributed by atoms with E-state index in [0.29, 0.717) is 10.8 Å². The van der Waals surface area contributed by atoms with E-state index in [1.165, 1.54) is 0 Å². The van der Waals surface area contributed by atoms with Crippen molar-refractivity contribution in [2.75, 3.05) is 0 Å². The first-order valence-corrected chi connectivity index (χ1v) is 2.98. The molecule has 4 nitrogen and oxygen atoms in total. The number of hydrogen-bond acceptors (Lipinski definition) is 3. The van der Waals surface area contributed by atoms with Crippen molar-refractivity contribution in [3.05, 3.63) is 17.7 Å². The number of aromatic nitrogens is 4. The number of rotatable bonds is 0. The molecule has 2 aromatic heterocycles. The number of fused-ring (bicyclic) bond motifs is 1. The van der Waals surface area contributed by atoms with Crippen molar-refractivity contribution in [1.29, 1.82) is 0 Å². The minimum Gasteiger partial charge on any atom is -0.373 e. The third-order valence-corrected chi connectivity index (χ3v) is 1.44. The summed E-state index contributed by atoms with van der Waals surface area (Å²) in [4.78, 5) is 7.43. The molecule has 0 aliphatic heterocycles. The van der Waals surface area contributed by atoms with Crippen molar-refractivity contribution >= 4 is 22.6 Å². The fourth-order valence-corrected chi connectivity index (χ4v) is 0.873. The van der Waals surface area contributed by atoms with Gasteiger partial charge in [0.25, 0.3) is 0 Å². The van der Waals surface area contributed by atoms with E-state index in [1.54, 1.807) is 6.20 Å². The molecule has 2 rings (SSSR count). The first kappa shape index (κ1) is 9.56. The van der Waals surface area contributed by atoms with Crippen LogP contribution in [0.15, 0.2) is 6.20 Å². The number of aromatic amines is 1. The van der Waals surface area contributed by atoms with E-state index in [9.17, 15) is 0 Å². The van der Waals surface area contributed by atoms with E-state index < -0.39 is 0 Å². The molecule has 6 heteroatoms. The fraction of sp³-hybridized carbons (Fsp3) is 0. The van der Waals surface area contributed by atoms with Gasteiger partial charge in [-0.25, -0.2) is 0 Å². The molecule has 0 aliphatic rings. The molecule has 11 heavy (non-hydrogen) atoms. The maximum absolute atomic E-state index is 5.64. The zero-order valence-corrected chi connectivity index (χ0v) is 9.68. The molecule has 2 heterocycles. The third-order valence-electron chi connectivity index (χ3n) is 1.15. The molecule has 0 unspecified atom stereocenters. The van der Waals surface area contributed by atoms with Gasteiger partial charge in [0.2, 0.25) is 0 Å². The zero-order chi connectivity index (χ0) is 6.97. The predicted molar refractivity (Wildman–Crippen MR) is 35.5 cm³/mol. The Balaban J connectivity index is 0.000000605. The predicted octanol–water partition coefficient (Wildman–Crippen LogP) is -2.19. The number of nitrogens with one attached hydrogen (secondary N) is 1.